The first-order chi connectivity index (χ1) is 9.47. The van der Waals surface area contributed by atoms with Gasteiger partial charge in [0.25, 0.3) is 0 Å². The highest BCUT2D eigenvalue weighted by molar-refractivity contribution is 14.1. The van der Waals surface area contributed by atoms with Crippen LogP contribution in [0.25, 0.3) is 0 Å². The van der Waals surface area contributed by atoms with Gasteiger partial charge in [0.05, 0.1) is 14.5 Å². The lowest BCUT2D eigenvalue weighted by molar-refractivity contribution is 0.0696. The second-order valence-corrected chi connectivity index (χ2v) is 6.95. The van der Waals surface area contributed by atoms with Crippen LogP contribution in [-0.2, 0) is 6.61 Å². The van der Waals surface area contributed by atoms with E-state index in [0.29, 0.717) is 21.3 Å². The summed E-state index contributed by atoms with van der Waals surface area (Å²) < 4.78 is 8.11. The van der Waals surface area contributed by atoms with Crippen LogP contribution >= 0.6 is 54.5 Å². The van der Waals surface area contributed by atoms with Crippen molar-refractivity contribution in [1.82, 2.24) is 0 Å². The first-order valence-corrected chi connectivity index (χ1v) is 8.23. The molecule has 0 aliphatic heterocycles. The molecule has 0 aliphatic carbocycles. The quantitative estimate of drug-likeness (QED) is 0.581. The van der Waals surface area contributed by atoms with Gasteiger partial charge in [-0.05, 0) is 84.3 Å². The van der Waals surface area contributed by atoms with Gasteiger partial charge in [-0.1, -0.05) is 12.1 Å². The molecule has 104 valence electrons. The summed E-state index contributed by atoms with van der Waals surface area (Å²) in [4.78, 5) is 11.0. The molecule has 2 rings (SSSR count). The van der Waals surface area contributed by atoms with Crippen molar-refractivity contribution in [3.8, 4) is 5.75 Å². The summed E-state index contributed by atoms with van der Waals surface area (Å²) in [7, 11) is 0. The van der Waals surface area contributed by atoms with Gasteiger partial charge < -0.3 is 9.84 Å². The molecule has 0 heterocycles. The first-order valence-electron chi connectivity index (χ1n) is 5.57. The van der Waals surface area contributed by atoms with E-state index in [4.69, 9.17) is 9.84 Å². The van der Waals surface area contributed by atoms with Crippen molar-refractivity contribution in [2.24, 2.45) is 0 Å². The zero-order valence-corrected chi connectivity index (χ0v) is 15.4. The van der Waals surface area contributed by atoms with Gasteiger partial charge in [0.1, 0.15) is 12.4 Å². The average Bonchev–Trinajstić information content (AvgIpc) is 2.37. The molecule has 20 heavy (non-hydrogen) atoms. The summed E-state index contributed by atoms with van der Waals surface area (Å²) in [6, 6.07) is 11.0. The average molecular weight is 512 g/mol. The number of benzene rings is 2. The monoisotopic (exact) mass is 510 g/mol. The van der Waals surface area contributed by atoms with Gasteiger partial charge in [0, 0.05) is 3.57 Å². The number of hydrogen-bond acceptors (Lipinski definition) is 2. The van der Waals surface area contributed by atoms with Crippen molar-refractivity contribution in [2.75, 3.05) is 0 Å². The molecule has 0 fully saturated rings. The van der Waals surface area contributed by atoms with Crippen molar-refractivity contribution in [1.29, 1.82) is 0 Å². The Morgan fingerprint density at radius 1 is 1.20 bits per heavy atom. The third kappa shape index (κ3) is 3.95. The maximum Gasteiger partial charge on any atom is 0.335 e. The third-order valence-electron chi connectivity index (χ3n) is 2.52. The third-order valence-corrected chi connectivity index (χ3v) is 4.37. The minimum Gasteiger partial charge on any atom is -0.487 e. The Hall–Kier alpha value is -0.600. The van der Waals surface area contributed by atoms with Gasteiger partial charge in [-0.2, -0.15) is 0 Å². The molecule has 0 atom stereocenters. The number of hydrogen-bond donors (Lipinski definition) is 1. The molecule has 0 aliphatic rings. The maximum absolute atomic E-state index is 11.0. The molecular weight excluding hydrogens is 503 g/mol. The largest absolute Gasteiger partial charge is 0.487 e. The Morgan fingerprint density at radius 2 is 1.85 bits per heavy atom. The van der Waals surface area contributed by atoms with E-state index in [1.165, 1.54) is 12.1 Å². The van der Waals surface area contributed by atoms with Crippen molar-refractivity contribution < 1.29 is 14.6 Å². The normalized spacial score (nSPS) is 10.3. The summed E-state index contributed by atoms with van der Waals surface area (Å²) in [6.07, 6.45) is 0. The number of carboxylic acid groups (broad SMARTS) is 1. The molecule has 0 bridgehead atoms. The molecular formula is C14H9Br2IO3. The Morgan fingerprint density at radius 3 is 2.40 bits per heavy atom. The molecule has 0 unspecified atom stereocenters. The molecule has 2 aromatic rings. The second kappa shape index (κ2) is 6.91. The highest BCUT2D eigenvalue weighted by atomic mass is 127. The molecule has 2 aromatic carbocycles. The van der Waals surface area contributed by atoms with Gasteiger partial charge >= 0.3 is 5.97 Å². The zero-order valence-electron chi connectivity index (χ0n) is 10.1. The van der Waals surface area contributed by atoms with Crippen LogP contribution in [0.5, 0.6) is 5.75 Å². The molecule has 1 N–H and O–H groups in total. The minimum atomic E-state index is -0.976. The fourth-order valence-corrected chi connectivity index (χ4v) is 3.63. The number of ether oxygens (including phenoxy) is 1. The highest BCUT2D eigenvalue weighted by Gasteiger charge is 2.12. The van der Waals surface area contributed by atoms with Gasteiger partial charge in [-0.15, -0.1) is 0 Å². The Labute approximate surface area is 146 Å². The summed E-state index contributed by atoms with van der Waals surface area (Å²) in [5, 5.41) is 8.98. The molecule has 0 aromatic heterocycles. The van der Waals surface area contributed by atoms with E-state index in [1.54, 1.807) is 0 Å². The van der Waals surface area contributed by atoms with Crippen LogP contribution in [0, 0.1) is 3.57 Å². The molecule has 0 saturated carbocycles. The van der Waals surface area contributed by atoms with Crippen LogP contribution in [0.15, 0.2) is 45.3 Å². The molecule has 0 spiro atoms. The maximum atomic E-state index is 11.0. The van der Waals surface area contributed by atoms with Crippen molar-refractivity contribution in [3.63, 3.8) is 0 Å². The molecule has 6 heteroatoms. The second-order valence-electron chi connectivity index (χ2n) is 3.99. The van der Waals surface area contributed by atoms with Crippen LogP contribution in [-0.4, -0.2) is 11.1 Å². The van der Waals surface area contributed by atoms with Crippen molar-refractivity contribution >= 4 is 60.4 Å². The number of halogens is 3. The number of aromatic carboxylic acids is 1. The number of carbonyl (C=O) groups is 1. The van der Waals surface area contributed by atoms with Gasteiger partial charge in [0.2, 0.25) is 0 Å². The van der Waals surface area contributed by atoms with E-state index in [9.17, 15) is 4.79 Å². The fraction of sp³-hybridized carbons (Fsp3) is 0.0714. The summed E-state index contributed by atoms with van der Waals surface area (Å²) >= 11 is 8.91. The SMILES string of the molecule is O=C(O)c1cc(Br)c(OCc2cccc(I)c2)c(Br)c1. The van der Waals surface area contributed by atoms with Crippen LogP contribution in [0.3, 0.4) is 0 Å². The van der Waals surface area contributed by atoms with E-state index in [1.807, 2.05) is 24.3 Å². The smallest absolute Gasteiger partial charge is 0.335 e. The predicted molar refractivity (Wildman–Crippen MR) is 92.3 cm³/mol. The van der Waals surface area contributed by atoms with Crippen LogP contribution in [0.4, 0.5) is 0 Å². The summed E-state index contributed by atoms with van der Waals surface area (Å²) in [6.45, 7) is 0.417. The minimum absolute atomic E-state index is 0.199. The predicted octanol–water partition coefficient (Wildman–Crippen LogP) is 5.09. The molecule has 3 nitrogen and oxygen atoms in total. The summed E-state index contributed by atoms with van der Waals surface area (Å²) in [5.74, 6) is -0.385. The first kappa shape index (κ1) is 15.8. The lowest BCUT2D eigenvalue weighted by atomic mass is 10.2. The molecule has 0 radical (unpaired) electrons. The van der Waals surface area contributed by atoms with Crippen molar-refractivity contribution in [2.45, 2.75) is 6.61 Å². The van der Waals surface area contributed by atoms with E-state index in [0.717, 1.165) is 9.13 Å². The Balaban J connectivity index is 2.20. The van der Waals surface area contributed by atoms with E-state index >= 15 is 0 Å². The Bertz CT molecular complexity index is 636. The highest BCUT2D eigenvalue weighted by Crippen LogP contribution is 2.35. The lowest BCUT2D eigenvalue weighted by Gasteiger charge is -2.11. The number of carboxylic acids is 1. The van der Waals surface area contributed by atoms with Gasteiger partial charge in [-0.3, -0.25) is 0 Å². The van der Waals surface area contributed by atoms with Crippen LogP contribution in [0.1, 0.15) is 15.9 Å². The zero-order chi connectivity index (χ0) is 14.7. The van der Waals surface area contributed by atoms with Crippen LogP contribution in [0.2, 0.25) is 0 Å². The summed E-state index contributed by atoms with van der Waals surface area (Å²) in [5.41, 5.74) is 1.25. The van der Waals surface area contributed by atoms with Gasteiger partial charge in [-0.25, -0.2) is 4.79 Å². The van der Waals surface area contributed by atoms with E-state index < -0.39 is 5.97 Å². The standard InChI is InChI=1S/C14H9Br2IO3/c15-11-5-9(14(18)19)6-12(16)13(11)20-7-8-2-1-3-10(17)4-8/h1-6H,7H2,(H,18,19). The number of rotatable bonds is 4. The van der Waals surface area contributed by atoms with Gasteiger partial charge in [0.15, 0.2) is 0 Å². The Kier molecular flexibility index (Phi) is 5.45. The van der Waals surface area contributed by atoms with E-state index in [-0.39, 0.29) is 5.56 Å². The topological polar surface area (TPSA) is 46.5 Å². The fourth-order valence-electron chi connectivity index (χ4n) is 1.60. The van der Waals surface area contributed by atoms with Crippen molar-refractivity contribution in [3.05, 3.63) is 60.0 Å². The van der Waals surface area contributed by atoms with Crippen LogP contribution < -0.4 is 4.74 Å². The molecule has 0 amide bonds. The molecule has 0 saturated heterocycles. The van der Waals surface area contributed by atoms with E-state index in [2.05, 4.69) is 54.5 Å². The lowest BCUT2D eigenvalue weighted by Crippen LogP contribution is -2.00.